The predicted octanol–water partition coefficient (Wildman–Crippen LogP) is 2.18. The van der Waals surface area contributed by atoms with E-state index in [9.17, 15) is 4.79 Å². The number of ketones is 1. The molecule has 0 radical (unpaired) electrons. The summed E-state index contributed by atoms with van der Waals surface area (Å²) in [5.41, 5.74) is 0.501. The summed E-state index contributed by atoms with van der Waals surface area (Å²) in [5, 5.41) is 0.306. The molecular formula is C11H10ClN3O. The molecule has 4 nitrogen and oxygen atoms in total. The highest BCUT2D eigenvalue weighted by atomic mass is 35.5. The monoisotopic (exact) mass is 235 g/mol. The Kier molecular flexibility index (Phi) is 3.01. The topological polar surface area (TPSA) is 47.8 Å². The molecule has 0 spiro atoms. The SMILES string of the molecule is CCn1ccnc1C(=O)c1ccnc(Cl)c1. The van der Waals surface area contributed by atoms with Gasteiger partial charge in [-0.1, -0.05) is 11.6 Å². The van der Waals surface area contributed by atoms with Crippen molar-refractivity contribution >= 4 is 17.4 Å². The molecule has 0 saturated heterocycles. The molecule has 82 valence electrons. The molecule has 0 aliphatic carbocycles. The molecule has 2 heterocycles. The maximum absolute atomic E-state index is 12.1. The smallest absolute Gasteiger partial charge is 0.228 e. The minimum atomic E-state index is -0.142. The number of nitrogens with zero attached hydrogens (tertiary/aromatic N) is 3. The Balaban J connectivity index is 2.39. The summed E-state index contributed by atoms with van der Waals surface area (Å²) in [7, 11) is 0. The number of carbonyl (C=O) groups is 1. The van der Waals surface area contributed by atoms with E-state index in [0.717, 1.165) is 0 Å². The van der Waals surface area contributed by atoms with Crippen LogP contribution >= 0.6 is 11.6 Å². The highest BCUT2D eigenvalue weighted by Crippen LogP contribution is 2.11. The second kappa shape index (κ2) is 4.45. The van der Waals surface area contributed by atoms with Gasteiger partial charge in [-0.15, -0.1) is 0 Å². The van der Waals surface area contributed by atoms with E-state index >= 15 is 0 Å². The van der Waals surface area contributed by atoms with E-state index in [2.05, 4.69) is 9.97 Å². The first-order valence-corrected chi connectivity index (χ1v) is 5.27. The molecule has 0 aliphatic rings. The fourth-order valence-electron chi connectivity index (χ4n) is 1.45. The molecule has 0 saturated carbocycles. The molecular weight excluding hydrogens is 226 g/mol. The fourth-order valence-corrected chi connectivity index (χ4v) is 1.62. The van der Waals surface area contributed by atoms with E-state index in [1.807, 2.05) is 6.92 Å². The third-order valence-corrected chi connectivity index (χ3v) is 2.45. The largest absolute Gasteiger partial charge is 0.328 e. The Bertz CT molecular complexity index is 521. The quantitative estimate of drug-likeness (QED) is 0.605. The summed E-state index contributed by atoms with van der Waals surface area (Å²) in [6, 6.07) is 3.17. The lowest BCUT2D eigenvalue weighted by Crippen LogP contribution is -2.10. The zero-order valence-corrected chi connectivity index (χ0v) is 9.48. The van der Waals surface area contributed by atoms with E-state index in [-0.39, 0.29) is 5.78 Å². The van der Waals surface area contributed by atoms with Crippen LogP contribution in [0.1, 0.15) is 23.1 Å². The molecule has 5 heteroatoms. The minimum absolute atomic E-state index is 0.142. The number of aromatic nitrogens is 3. The Labute approximate surface area is 97.9 Å². The zero-order valence-electron chi connectivity index (χ0n) is 8.72. The van der Waals surface area contributed by atoms with Crippen molar-refractivity contribution in [3.05, 3.63) is 47.3 Å². The summed E-state index contributed by atoms with van der Waals surface area (Å²) >= 11 is 5.73. The van der Waals surface area contributed by atoms with Gasteiger partial charge in [0.2, 0.25) is 5.78 Å². The maximum Gasteiger partial charge on any atom is 0.228 e. The van der Waals surface area contributed by atoms with Crippen molar-refractivity contribution in [3.63, 3.8) is 0 Å². The van der Waals surface area contributed by atoms with Crippen LogP contribution in [0.2, 0.25) is 5.15 Å². The van der Waals surface area contributed by atoms with Gasteiger partial charge in [0.15, 0.2) is 5.82 Å². The average molecular weight is 236 g/mol. The van der Waals surface area contributed by atoms with Gasteiger partial charge in [-0.2, -0.15) is 0 Å². The second-order valence-electron chi connectivity index (χ2n) is 3.23. The number of pyridine rings is 1. The Morgan fingerprint density at radius 1 is 1.44 bits per heavy atom. The molecule has 0 atom stereocenters. The van der Waals surface area contributed by atoms with Crippen molar-refractivity contribution in [2.24, 2.45) is 0 Å². The lowest BCUT2D eigenvalue weighted by Gasteiger charge is -2.03. The first-order valence-electron chi connectivity index (χ1n) is 4.89. The summed E-state index contributed by atoms with van der Waals surface area (Å²) in [5.74, 6) is 0.279. The fraction of sp³-hybridized carbons (Fsp3) is 0.182. The first-order chi connectivity index (χ1) is 7.72. The number of imidazole rings is 1. The third kappa shape index (κ3) is 1.97. The van der Waals surface area contributed by atoms with Gasteiger partial charge in [-0.05, 0) is 19.1 Å². The Hall–Kier alpha value is -1.68. The van der Waals surface area contributed by atoms with Crippen molar-refractivity contribution in [3.8, 4) is 0 Å². The van der Waals surface area contributed by atoms with Crippen LogP contribution in [0.5, 0.6) is 0 Å². The summed E-state index contributed by atoms with van der Waals surface area (Å²) < 4.78 is 1.79. The molecule has 0 bridgehead atoms. The Morgan fingerprint density at radius 3 is 2.94 bits per heavy atom. The van der Waals surface area contributed by atoms with Crippen LogP contribution in [0.4, 0.5) is 0 Å². The van der Waals surface area contributed by atoms with Crippen molar-refractivity contribution in [2.45, 2.75) is 13.5 Å². The number of hydrogen-bond acceptors (Lipinski definition) is 3. The highest BCUT2D eigenvalue weighted by molar-refractivity contribution is 6.29. The van der Waals surface area contributed by atoms with Crippen molar-refractivity contribution < 1.29 is 4.79 Å². The van der Waals surface area contributed by atoms with Gasteiger partial charge in [0.1, 0.15) is 5.15 Å². The predicted molar refractivity (Wildman–Crippen MR) is 60.6 cm³/mol. The molecule has 0 unspecified atom stereocenters. The van der Waals surface area contributed by atoms with Crippen LogP contribution in [-0.2, 0) is 6.54 Å². The van der Waals surface area contributed by atoms with E-state index < -0.39 is 0 Å². The third-order valence-electron chi connectivity index (χ3n) is 2.25. The van der Waals surface area contributed by atoms with Gasteiger partial charge in [0.25, 0.3) is 0 Å². The lowest BCUT2D eigenvalue weighted by atomic mass is 10.1. The number of carbonyl (C=O) groups excluding carboxylic acids is 1. The van der Waals surface area contributed by atoms with Crippen molar-refractivity contribution in [1.29, 1.82) is 0 Å². The normalized spacial score (nSPS) is 10.4. The molecule has 0 amide bonds. The van der Waals surface area contributed by atoms with Crippen LogP contribution in [-0.4, -0.2) is 20.3 Å². The average Bonchev–Trinajstić information content (AvgIpc) is 2.76. The van der Waals surface area contributed by atoms with Crippen molar-refractivity contribution in [2.75, 3.05) is 0 Å². The maximum atomic E-state index is 12.1. The van der Waals surface area contributed by atoms with Gasteiger partial charge in [0.05, 0.1) is 0 Å². The van der Waals surface area contributed by atoms with Gasteiger partial charge in [0, 0.05) is 30.7 Å². The van der Waals surface area contributed by atoms with Crippen LogP contribution < -0.4 is 0 Å². The highest BCUT2D eigenvalue weighted by Gasteiger charge is 2.14. The van der Waals surface area contributed by atoms with E-state index in [1.165, 1.54) is 6.20 Å². The molecule has 16 heavy (non-hydrogen) atoms. The van der Waals surface area contributed by atoms with E-state index in [1.54, 1.807) is 29.1 Å². The summed E-state index contributed by atoms with van der Waals surface area (Å²) in [6.07, 6.45) is 4.89. The number of rotatable bonds is 3. The number of hydrogen-bond donors (Lipinski definition) is 0. The summed E-state index contributed by atoms with van der Waals surface area (Å²) in [6.45, 7) is 2.66. The van der Waals surface area contributed by atoms with Crippen LogP contribution in [0, 0.1) is 0 Å². The standard InChI is InChI=1S/C11H10ClN3O/c1-2-15-6-5-14-11(15)10(16)8-3-4-13-9(12)7-8/h3-7H,2H2,1H3. The molecule has 0 aromatic carbocycles. The van der Waals surface area contributed by atoms with Crippen molar-refractivity contribution in [1.82, 2.24) is 14.5 Å². The number of aryl methyl sites for hydroxylation is 1. The van der Waals surface area contributed by atoms with Gasteiger partial charge in [-0.25, -0.2) is 9.97 Å². The van der Waals surface area contributed by atoms with Crippen LogP contribution in [0.25, 0.3) is 0 Å². The molecule has 0 N–H and O–H groups in total. The minimum Gasteiger partial charge on any atom is -0.328 e. The van der Waals surface area contributed by atoms with E-state index in [0.29, 0.717) is 23.1 Å². The van der Waals surface area contributed by atoms with Crippen LogP contribution in [0.15, 0.2) is 30.7 Å². The number of halogens is 1. The summed E-state index contributed by atoms with van der Waals surface area (Å²) in [4.78, 5) is 19.9. The van der Waals surface area contributed by atoms with E-state index in [4.69, 9.17) is 11.6 Å². The zero-order chi connectivity index (χ0) is 11.5. The van der Waals surface area contributed by atoms with Gasteiger partial charge >= 0.3 is 0 Å². The molecule has 2 aromatic heterocycles. The lowest BCUT2D eigenvalue weighted by molar-refractivity contribution is 0.102. The van der Waals surface area contributed by atoms with Gasteiger partial charge < -0.3 is 4.57 Å². The van der Waals surface area contributed by atoms with Gasteiger partial charge in [-0.3, -0.25) is 4.79 Å². The molecule has 0 fully saturated rings. The second-order valence-corrected chi connectivity index (χ2v) is 3.62. The van der Waals surface area contributed by atoms with Crippen LogP contribution in [0.3, 0.4) is 0 Å². The molecule has 2 rings (SSSR count). The molecule has 0 aliphatic heterocycles. The Morgan fingerprint density at radius 2 is 2.25 bits per heavy atom. The first kappa shape index (κ1) is 10.8. The molecule has 2 aromatic rings.